The van der Waals surface area contributed by atoms with Gasteiger partial charge in [-0.05, 0) is 62.4 Å². The second-order valence-electron chi connectivity index (χ2n) is 8.36. The van der Waals surface area contributed by atoms with Gasteiger partial charge in [0, 0.05) is 6.42 Å². The van der Waals surface area contributed by atoms with Crippen molar-refractivity contribution in [3.05, 3.63) is 101 Å². The van der Waals surface area contributed by atoms with Crippen LogP contribution in [0, 0.1) is 6.42 Å². The Morgan fingerprint density at radius 1 is 0.778 bits per heavy atom. The molecule has 0 N–H and O–H groups in total. The summed E-state index contributed by atoms with van der Waals surface area (Å²) in [6.07, 6.45) is 5.75. The van der Waals surface area contributed by atoms with Crippen LogP contribution in [0.1, 0.15) is 55.5 Å². The Bertz CT molecular complexity index is 998. The Labute approximate surface area is 163 Å². The molecule has 0 heteroatoms. The third kappa shape index (κ3) is 3.25. The predicted molar refractivity (Wildman–Crippen MR) is 118 cm³/mol. The molecule has 135 valence electrons. The van der Waals surface area contributed by atoms with Gasteiger partial charge in [0.05, 0.1) is 0 Å². The smallest absolute Gasteiger partial charge is 0.0211 e. The van der Waals surface area contributed by atoms with Crippen molar-refractivity contribution >= 4 is 11.6 Å². The number of aryl methyl sites for hydroxylation is 1. The van der Waals surface area contributed by atoms with E-state index in [1.165, 1.54) is 44.5 Å². The van der Waals surface area contributed by atoms with Crippen molar-refractivity contribution in [3.63, 3.8) is 0 Å². The molecule has 1 aliphatic carbocycles. The molecule has 4 rings (SSSR count). The first-order valence-corrected chi connectivity index (χ1v) is 9.86. The normalized spacial score (nSPS) is 13.4. The number of rotatable bonds is 3. The minimum Gasteiger partial charge on any atom is -0.0622 e. The standard InChI is InChI=1S/C27H27/c1-5-19-11-9-10-14-23(19)26-24-18-22(20-12-7-6-8-13-20)17-21(24)15-16-25(26)27(2,3)4/h6-18H,5H2,1-4H3. The van der Waals surface area contributed by atoms with E-state index < -0.39 is 0 Å². The van der Waals surface area contributed by atoms with Gasteiger partial charge in [-0.1, -0.05) is 94.4 Å². The molecule has 3 aromatic rings. The monoisotopic (exact) mass is 351 g/mol. The van der Waals surface area contributed by atoms with Crippen LogP contribution in [-0.2, 0) is 11.8 Å². The lowest BCUT2D eigenvalue weighted by Gasteiger charge is -2.26. The molecule has 0 aromatic heterocycles. The summed E-state index contributed by atoms with van der Waals surface area (Å²) in [5.74, 6) is 0. The Morgan fingerprint density at radius 3 is 2.19 bits per heavy atom. The second-order valence-corrected chi connectivity index (χ2v) is 8.36. The fourth-order valence-corrected chi connectivity index (χ4v) is 4.07. The van der Waals surface area contributed by atoms with Crippen molar-refractivity contribution < 1.29 is 0 Å². The molecule has 0 saturated carbocycles. The number of benzene rings is 3. The van der Waals surface area contributed by atoms with E-state index in [0.29, 0.717) is 0 Å². The first-order valence-electron chi connectivity index (χ1n) is 9.86. The SMILES string of the molecule is CCc1ccccc1-c1c(C(C)(C)C)ccc2c1C=C(c1ccccc1)[CH]2. The van der Waals surface area contributed by atoms with Crippen LogP contribution in [0.3, 0.4) is 0 Å². The fourth-order valence-electron chi connectivity index (χ4n) is 4.07. The van der Waals surface area contributed by atoms with E-state index in [1.54, 1.807) is 0 Å². The van der Waals surface area contributed by atoms with Gasteiger partial charge in [0.1, 0.15) is 0 Å². The van der Waals surface area contributed by atoms with Crippen molar-refractivity contribution in [2.75, 3.05) is 0 Å². The predicted octanol–water partition coefficient (Wildman–Crippen LogP) is 7.32. The Morgan fingerprint density at radius 2 is 1.48 bits per heavy atom. The third-order valence-electron chi connectivity index (χ3n) is 5.47. The zero-order chi connectivity index (χ0) is 19.0. The lowest BCUT2D eigenvalue weighted by molar-refractivity contribution is 0.591. The molecule has 1 aliphatic rings. The first-order chi connectivity index (χ1) is 13.0. The van der Waals surface area contributed by atoms with Crippen LogP contribution >= 0.6 is 0 Å². The molecule has 3 aromatic carbocycles. The summed E-state index contributed by atoms with van der Waals surface area (Å²) in [6.45, 7) is 9.18. The van der Waals surface area contributed by atoms with Crippen LogP contribution in [0.25, 0.3) is 22.8 Å². The van der Waals surface area contributed by atoms with Gasteiger partial charge in [0.15, 0.2) is 0 Å². The molecule has 0 unspecified atom stereocenters. The maximum Gasteiger partial charge on any atom is 0.0211 e. The van der Waals surface area contributed by atoms with Gasteiger partial charge >= 0.3 is 0 Å². The maximum absolute atomic E-state index is 2.38. The van der Waals surface area contributed by atoms with Crippen molar-refractivity contribution in [2.45, 2.75) is 39.5 Å². The number of hydrogen-bond acceptors (Lipinski definition) is 0. The molecule has 0 nitrogen and oxygen atoms in total. The van der Waals surface area contributed by atoms with E-state index in [4.69, 9.17) is 0 Å². The van der Waals surface area contributed by atoms with Crippen LogP contribution in [0.15, 0.2) is 66.7 Å². The summed E-state index contributed by atoms with van der Waals surface area (Å²) >= 11 is 0. The van der Waals surface area contributed by atoms with Crippen LogP contribution in [0.5, 0.6) is 0 Å². The average Bonchev–Trinajstić information content (AvgIpc) is 3.11. The quantitative estimate of drug-likeness (QED) is 0.464. The molecule has 27 heavy (non-hydrogen) atoms. The highest BCUT2D eigenvalue weighted by Gasteiger charge is 2.26. The minimum absolute atomic E-state index is 0.0918. The van der Waals surface area contributed by atoms with Gasteiger partial charge in [-0.2, -0.15) is 0 Å². The molecule has 0 aliphatic heterocycles. The van der Waals surface area contributed by atoms with E-state index in [1.807, 2.05) is 0 Å². The van der Waals surface area contributed by atoms with Gasteiger partial charge in [-0.25, -0.2) is 0 Å². The van der Waals surface area contributed by atoms with Crippen LogP contribution in [0.2, 0.25) is 0 Å². The van der Waals surface area contributed by atoms with Crippen molar-refractivity contribution in [1.29, 1.82) is 0 Å². The van der Waals surface area contributed by atoms with E-state index in [2.05, 4.69) is 107 Å². The summed E-state index contributed by atoms with van der Waals surface area (Å²) in [4.78, 5) is 0. The zero-order valence-electron chi connectivity index (χ0n) is 16.7. The van der Waals surface area contributed by atoms with Crippen LogP contribution in [-0.4, -0.2) is 0 Å². The van der Waals surface area contributed by atoms with Gasteiger partial charge in [-0.15, -0.1) is 0 Å². The molecule has 0 saturated heterocycles. The largest absolute Gasteiger partial charge is 0.0622 e. The van der Waals surface area contributed by atoms with Crippen LogP contribution < -0.4 is 0 Å². The highest BCUT2D eigenvalue weighted by Crippen LogP contribution is 2.44. The highest BCUT2D eigenvalue weighted by molar-refractivity contribution is 6.00. The number of fused-ring (bicyclic) bond motifs is 1. The van der Waals surface area contributed by atoms with E-state index in [9.17, 15) is 0 Å². The third-order valence-corrected chi connectivity index (χ3v) is 5.47. The van der Waals surface area contributed by atoms with E-state index >= 15 is 0 Å². The minimum atomic E-state index is 0.0918. The second kappa shape index (κ2) is 6.85. The Kier molecular flexibility index (Phi) is 4.52. The summed E-state index contributed by atoms with van der Waals surface area (Å²) in [7, 11) is 0. The van der Waals surface area contributed by atoms with Crippen molar-refractivity contribution in [1.82, 2.24) is 0 Å². The van der Waals surface area contributed by atoms with Gasteiger partial charge < -0.3 is 0 Å². The molecule has 0 heterocycles. The van der Waals surface area contributed by atoms with Gasteiger partial charge in [-0.3, -0.25) is 0 Å². The fraction of sp³-hybridized carbons (Fsp3) is 0.222. The molecular formula is C27H27. The summed E-state index contributed by atoms with van der Waals surface area (Å²) in [6, 6.07) is 24.2. The maximum atomic E-state index is 2.38. The molecule has 0 atom stereocenters. The highest BCUT2D eigenvalue weighted by atomic mass is 14.3. The summed E-state index contributed by atoms with van der Waals surface area (Å²) < 4.78 is 0. The molecule has 1 radical (unpaired) electrons. The molecular weight excluding hydrogens is 324 g/mol. The lowest BCUT2D eigenvalue weighted by Crippen LogP contribution is -2.14. The van der Waals surface area contributed by atoms with Crippen LogP contribution in [0.4, 0.5) is 0 Å². The molecule has 0 spiro atoms. The average molecular weight is 352 g/mol. The number of hydrogen-bond donors (Lipinski definition) is 0. The van der Waals surface area contributed by atoms with Crippen molar-refractivity contribution in [2.24, 2.45) is 0 Å². The lowest BCUT2D eigenvalue weighted by atomic mass is 9.78. The van der Waals surface area contributed by atoms with Crippen molar-refractivity contribution in [3.8, 4) is 11.1 Å². The van der Waals surface area contributed by atoms with E-state index in [-0.39, 0.29) is 5.41 Å². The summed E-state index contributed by atoms with van der Waals surface area (Å²) in [5, 5.41) is 0. The molecule has 0 amide bonds. The van der Waals surface area contributed by atoms with Gasteiger partial charge in [0.25, 0.3) is 0 Å². The molecule has 0 fully saturated rings. The van der Waals surface area contributed by atoms with E-state index in [0.717, 1.165) is 6.42 Å². The number of allylic oxidation sites excluding steroid dienone is 1. The molecule has 0 bridgehead atoms. The first kappa shape index (κ1) is 17.8. The topological polar surface area (TPSA) is 0 Å². The Balaban J connectivity index is 1.98. The summed E-state index contributed by atoms with van der Waals surface area (Å²) in [5.41, 5.74) is 11.0. The van der Waals surface area contributed by atoms with Gasteiger partial charge in [0.2, 0.25) is 0 Å². The Hall–Kier alpha value is -2.60. The zero-order valence-corrected chi connectivity index (χ0v) is 16.7.